The van der Waals surface area contributed by atoms with E-state index in [0.29, 0.717) is 0 Å². The summed E-state index contributed by atoms with van der Waals surface area (Å²) in [6.45, 7) is 7.43. The van der Waals surface area contributed by atoms with Gasteiger partial charge in [-0.05, 0) is 65.2 Å². The summed E-state index contributed by atoms with van der Waals surface area (Å²) in [5.41, 5.74) is 0. The Morgan fingerprint density at radius 3 is 2.33 bits per heavy atom. The summed E-state index contributed by atoms with van der Waals surface area (Å²) in [6, 6.07) is 1.62. The van der Waals surface area contributed by atoms with Crippen LogP contribution < -0.4 is 5.32 Å². The van der Waals surface area contributed by atoms with E-state index in [1.54, 1.807) is 0 Å². The van der Waals surface area contributed by atoms with Crippen molar-refractivity contribution < 1.29 is 0 Å². The molecule has 3 heteroatoms. The molecule has 18 heavy (non-hydrogen) atoms. The molecular weight excluding hydrogens is 222 g/mol. The van der Waals surface area contributed by atoms with E-state index in [1.807, 2.05) is 0 Å². The van der Waals surface area contributed by atoms with Crippen LogP contribution in [0.15, 0.2) is 0 Å². The smallest absolute Gasteiger partial charge is 0.0218 e. The molecule has 1 aliphatic heterocycles. The maximum atomic E-state index is 3.70. The molecule has 0 radical (unpaired) electrons. The van der Waals surface area contributed by atoms with Crippen LogP contribution in [-0.2, 0) is 0 Å². The summed E-state index contributed by atoms with van der Waals surface area (Å²) in [5.74, 6) is 0.921. The normalized spacial score (nSPS) is 24.7. The molecule has 1 saturated carbocycles. The first-order chi connectivity index (χ1) is 8.69. The zero-order valence-corrected chi connectivity index (χ0v) is 12.5. The van der Waals surface area contributed by atoms with Crippen molar-refractivity contribution in [2.24, 2.45) is 5.92 Å². The predicted molar refractivity (Wildman–Crippen MR) is 78.0 cm³/mol. The first kappa shape index (κ1) is 14.3. The summed E-state index contributed by atoms with van der Waals surface area (Å²) < 4.78 is 0. The molecule has 0 spiro atoms. The van der Waals surface area contributed by atoms with Gasteiger partial charge >= 0.3 is 0 Å². The topological polar surface area (TPSA) is 18.5 Å². The molecule has 2 aliphatic rings. The highest BCUT2D eigenvalue weighted by Crippen LogP contribution is 2.22. The minimum absolute atomic E-state index is 0.769. The quantitative estimate of drug-likeness (QED) is 0.746. The number of rotatable bonds is 7. The average molecular weight is 253 g/mol. The van der Waals surface area contributed by atoms with Crippen LogP contribution in [0.3, 0.4) is 0 Å². The fraction of sp³-hybridized carbons (Fsp3) is 1.00. The van der Waals surface area contributed by atoms with Gasteiger partial charge in [0.25, 0.3) is 0 Å². The second-order valence-electron chi connectivity index (χ2n) is 6.49. The van der Waals surface area contributed by atoms with E-state index < -0.39 is 0 Å². The van der Waals surface area contributed by atoms with Gasteiger partial charge in [-0.1, -0.05) is 6.92 Å². The lowest BCUT2D eigenvalue weighted by atomic mass is 9.95. The lowest BCUT2D eigenvalue weighted by Crippen LogP contribution is -2.47. The van der Waals surface area contributed by atoms with Gasteiger partial charge in [-0.25, -0.2) is 0 Å². The Labute approximate surface area is 113 Å². The number of hydrogen-bond acceptors (Lipinski definition) is 3. The Kier molecular flexibility index (Phi) is 5.46. The molecule has 1 atom stereocenters. The number of hydrogen-bond donors (Lipinski definition) is 1. The van der Waals surface area contributed by atoms with Gasteiger partial charge in [0.05, 0.1) is 0 Å². The van der Waals surface area contributed by atoms with Crippen LogP contribution in [-0.4, -0.2) is 62.2 Å². The van der Waals surface area contributed by atoms with Crippen molar-refractivity contribution in [2.45, 2.75) is 51.1 Å². The summed E-state index contributed by atoms with van der Waals surface area (Å²) in [5, 5.41) is 3.70. The Hall–Kier alpha value is -0.120. The Morgan fingerprint density at radius 1 is 1.17 bits per heavy atom. The molecule has 2 rings (SSSR count). The van der Waals surface area contributed by atoms with Gasteiger partial charge in [0, 0.05) is 25.2 Å². The van der Waals surface area contributed by atoms with Crippen LogP contribution in [0, 0.1) is 5.92 Å². The van der Waals surface area contributed by atoms with Gasteiger partial charge in [0.1, 0.15) is 0 Å². The number of nitrogens with one attached hydrogen (secondary N) is 1. The van der Waals surface area contributed by atoms with Crippen LogP contribution >= 0.6 is 0 Å². The average Bonchev–Trinajstić information content (AvgIpc) is 3.15. The van der Waals surface area contributed by atoms with Gasteiger partial charge in [-0.15, -0.1) is 0 Å². The first-order valence-corrected chi connectivity index (χ1v) is 7.81. The van der Waals surface area contributed by atoms with Crippen LogP contribution in [0.2, 0.25) is 0 Å². The molecular formula is C15H31N3. The van der Waals surface area contributed by atoms with Crippen molar-refractivity contribution in [2.75, 3.05) is 40.3 Å². The lowest BCUT2D eigenvalue weighted by Gasteiger charge is -2.38. The van der Waals surface area contributed by atoms with E-state index in [9.17, 15) is 0 Å². The van der Waals surface area contributed by atoms with E-state index >= 15 is 0 Å². The third-order valence-electron chi connectivity index (χ3n) is 4.48. The molecule has 0 bridgehead atoms. The predicted octanol–water partition coefficient (Wildman–Crippen LogP) is 1.79. The van der Waals surface area contributed by atoms with Gasteiger partial charge < -0.3 is 10.2 Å². The molecule has 0 aromatic heterocycles. The number of nitrogens with zero attached hydrogens (tertiary/aromatic N) is 2. The summed E-state index contributed by atoms with van der Waals surface area (Å²) in [4.78, 5) is 5.06. The van der Waals surface area contributed by atoms with Crippen molar-refractivity contribution in [3.63, 3.8) is 0 Å². The van der Waals surface area contributed by atoms with Crippen molar-refractivity contribution in [3.05, 3.63) is 0 Å². The number of piperidine rings is 1. The second-order valence-corrected chi connectivity index (χ2v) is 6.49. The Bertz CT molecular complexity index is 230. The highest BCUT2D eigenvalue weighted by Gasteiger charge is 2.26. The number of likely N-dealkylation sites (tertiary alicyclic amines) is 1. The van der Waals surface area contributed by atoms with Gasteiger partial charge in [0.15, 0.2) is 0 Å². The fourth-order valence-electron chi connectivity index (χ4n) is 3.14. The first-order valence-electron chi connectivity index (χ1n) is 7.81. The Balaban J connectivity index is 1.68. The zero-order chi connectivity index (χ0) is 13.0. The van der Waals surface area contributed by atoms with Crippen LogP contribution in [0.5, 0.6) is 0 Å². The zero-order valence-electron chi connectivity index (χ0n) is 12.5. The highest BCUT2D eigenvalue weighted by molar-refractivity contribution is 4.85. The molecule has 0 aromatic carbocycles. The van der Waals surface area contributed by atoms with Gasteiger partial charge in [-0.2, -0.15) is 0 Å². The third-order valence-corrected chi connectivity index (χ3v) is 4.48. The lowest BCUT2D eigenvalue weighted by molar-refractivity contribution is 0.115. The minimum Gasteiger partial charge on any atom is -0.312 e. The van der Waals surface area contributed by atoms with Gasteiger partial charge in [-0.3, -0.25) is 4.90 Å². The van der Waals surface area contributed by atoms with Crippen molar-refractivity contribution >= 4 is 0 Å². The molecule has 1 N–H and O–H groups in total. The van der Waals surface area contributed by atoms with Crippen molar-refractivity contribution in [1.82, 2.24) is 15.1 Å². The molecule has 3 nitrogen and oxygen atoms in total. The maximum absolute atomic E-state index is 3.70. The SMILES string of the molecule is CCC(CNC1CC1)N1CCC(CN(C)C)CC1. The van der Waals surface area contributed by atoms with Crippen LogP contribution in [0.25, 0.3) is 0 Å². The summed E-state index contributed by atoms with van der Waals surface area (Å²) in [7, 11) is 4.39. The molecule has 1 saturated heterocycles. The molecule has 2 fully saturated rings. The highest BCUT2D eigenvalue weighted by atomic mass is 15.2. The Morgan fingerprint density at radius 2 is 1.83 bits per heavy atom. The van der Waals surface area contributed by atoms with E-state index in [-0.39, 0.29) is 0 Å². The largest absolute Gasteiger partial charge is 0.312 e. The molecule has 0 aromatic rings. The van der Waals surface area contributed by atoms with Crippen molar-refractivity contribution in [3.8, 4) is 0 Å². The van der Waals surface area contributed by atoms with E-state index in [0.717, 1.165) is 18.0 Å². The van der Waals surface area contributed by atoms with Crippen molar-refractivity contribution in [1.29, 1.82) is 0 Å². The molecule has 1 heterocycles. The second kappa shape index (κ2) is 6.88. The standard InChI is InChI=1S/C15H31N3/c1-4-15(11-16-14-5-6-14)18-9-7-13(8-10-18)12-17(2)3/h13-16H,4-12H2,1-3H3. The van der Waals surface area contributed by atoms with E-state index in [1.165, 1.54) is 58.3 Å². The van der Waals surface area contributed by atoms with Crippen LogP contribution in [0.4, 0.5) is 0 Å². The monoisotopic (exact) mass is 253 g/mol. The van der Waals surface area contributed by atoms with Crippen LogP contribution in [0.1, 0.15) is 39.0 Å². The molecule has 106 valence electrons. The van der Waals surface area contributed by atoms with E-state index in [2.05, 4.69) is 36.1 Å². The third kappa shape index (κ3) is 4.52. The fourth-order valence-corrected chi connectivity index (χ4v) is 3.14. The molecule has 1 aliphatic carbocycles. The molecule has 0 amide bonds. The molecule has 1 unspecified atom stereocenters. The maximum Gasteiger partial charge on any atom is 0.0218 e. The summed E-state index contributed by atoms with van der Waals surface area (Å²) in [6.07, 6.45) is 6.87. The van der Waals surface area contributed by atoms with Gasteiger partial charge in [0.2, 0.25) is 0 Å². The van der Waals surface area contributed by atoms with E-state index in [4.69, 9.17) is 0 Å². The summed E-state index contributed by atoms with van der Waals surface area (Å²) >= 11 is 0. The minimum atomic E-state index is 0.769.